The van der Waals surface area contributed by atoms with Crippen LogP contribution >= 0.6 is 11.3 Å². The van der Waals surface area contributed by atoms with Gasteiger partial charge in [-0.1, -0.05) is 53.8 Å². The second kappa shape index (κ2) is 8.28. The molecule has 4 rings (SSSR count). The highest BCUT2D eigenvalue weighted by Crippen LogP contribution is 2.32. The average molecular weight is 434 g/mol. The molecule has 0 N–H and O–H groups in total. The largest absolute Gasteiger partial charge is 0.279 e. The van der Waals surface area contributed by atoms with Gasteiger partial charge in [-0.3, -0.25) is 29.9 Å². The molecule has 0 unspecified atom stereocenters. The zero-order valence-corrected chi connectivity index (χ0v) is 16.7. The number of benzene rings is 3. The summed E-state index contributed by atoms with van der Waals surface area (Å²) < 4.78 is 0.869. The first-order valence-electron chi connectivity index (χ1n) is 9.07. The topological polar surface area (TPSA) is 119 Å². The van der Waals surface area contributed by atoms with Gasteiger partial charge in [-0.2, -0.15) is 0 Å². The fourth-order valence-electron chi connectivity index (χ4n) is 3.05. The lowest BCUT2D eigenvalue weighted by Crippen LogP contribution is -2.30. The molecule has 1 amide bonds. The van der Waals surface area contributed by atoms with E-state index in [2.05, 4.69) is 4.98 Å². The third-order valence-corrected chi connectivity index (χ3v) is 5.57. The van der Waals surface area contributed by atoms with Crippen LogP contribution in [-0.2, 0) is 6.54 Å². The predicted molar refractivity (Wildman–Crippen MR) is 116 cm³/mol. The molecule has 10 heteroatoms. The summed E-state index contributed by atoms with van der Waals surface area (Å²) in [6.07, 6.45) is 0. The van der Waals surface area contributed by atoms with Crippen LogP contribution in [-0.4, -0.2) is 20.7 Å². The minimum atomic E-state index is -0.761. The minimum absolute atomic E-state index is 0.149. The lowest BCUT2D eigenvalue weighted by molar-refractivity contribution is -0.394. The fraction of sp³-hybridized carbons (Fsp3) is 0.0476. The number of hydrogen-bond acceptors (Lipinski definition) is 7. The molecule has 0 spiro atoms. The van der Waals surface area contributed by atoms with Crippen LogP contribution in [0.4, 0.5) is 16.5 Å². The summed E-state index contributed by atoms with van der Waals surface area (Å²) in [6, 6.07) is 19.5. The maximum Gasteiger partial charge on any atom is 0.277 e. The Labute approximate surface area is 179 Å². The van der Waals surface area contributed by atoms with Crippen LogP contribution in [0.25, 0.3) is 10.2 Å². The van der Waals surface area contributed by atoms with Gasteiger partial charge in [-0.25, -0.2) is 4.98 Å². The van der Waals surface area contributed by atoms with Crippen LogP contribution in [0.5, 0.6) is 0 Å². The molecule has 0 radical (unpaired) electrons. The summed E-state index contributed by atoms with van der Waals surface area (Å²) in [5.74, 6) is -0.616. The average Bonchev–Trinajstić information content (AvgIpc) is 3.21. The second-order valence-corrected chi connectivity index (χ2v) is 7.60. The first-order valence-corrected chi connectivity index (χ1v) is 9.89. The number of aromatic nitrogens is 1. The Kier molecular flexibility index (Phi) is 5.37. The number of nitro benzene ring substituents is 2. The van der Waals surface area contributed by atoms with Crippen molar-refractivity contribution in [1.29, 1.82) is 0 Å². The Morgan fingerprint density at radius 1 is 0.903 bits per heavy atom. The molecule has 3 aromatic carbocycles. The maximum atomic E-state index is 13.4. The van der Waals surface area contributed by atoms with Crippen molar-refractivity contribution in [3.05, 3.63) is 104 Å². The molecule has 0 bridgehead atoms. The lowest BCUT2D eigenvalue weighted by Gasteiger charge is -2.20. The highest BCUT2D eigenvalue weighted by atomic mass is 32.1. The molecule has 4 aromatic rings. The molecule has 0 saturated carbocycles. The number of fused-ring (bicyclic) bond motifs is 1. The van der Waals surface area contributed by atoms with Gasteiger partial charge in [0.1, 0.15) is 0 Å². The SMILES string of the molecule is O=C(c1cc([N+](=O)[O-])cc([N+](=O)[O-])c1)N(Cc1ccccc1)c1nc2ccccc2s1. The third kappa shape index (κ3) is 4.23. The van der Waals surface area contributed by atoms with Crippen molar-refractivity contribution in [2.24, 2.45) is 0 Å². The van der Waals surface area contributed by atoms with Gasteiger partial charge >= 0.3 is 0 Å². The molecular weight excluding hydrogens is 420 g/mol. The predicted octanol–water partition coefficient (Wildman–Crippen LogP) is 4.96. The third-order valence-electron chi connectivity index (χ3n) is 4.51. The van der Waals surface area contributed by atoms with Gasteiger partial charge < -0.3 is 0 Å². The van der Waals surface area contributed by atoms with Crippen LogP contribution in [0.3, 0.4) is 0 Å². The number of hydrogen-bond donors (Lipinski definition) is 0. The monoisotopic (exact) mass is 434 g/mol. The Morgan fingerprint density at radius 3 is 2.13 bits per heavy atom. The molecule has 9 nitrogen and oxygen atoms in total. The molecule has 0 aliphatic carbocycles. The summed E-state index contributed by atoms with van der Waals surface area (Å²) in [5.41, 5.74) is 0.313. The number of amides is 1. The number of non-ortho nitro benzene ring substituents is 2. The highest BCUT2D eigenvalue weighted by Gasteiger charge is 2.26. The zero-order valence-electron chi connectivity index (χ0n) is 15.9. The molecule has 31 heavy (non-hydrogen) atoms. The lowest BCUT2D eigenvalue weighted by atomic mass is 10.1. The Bertz CT molecular complexity index is 1240. The zero-order chi connectivity index (χ0) is 22.0. The summed E-state index contributed by atoms with van der Waals surface area (Å²) in [5, 5.41) is 22.9. The van der Waals surface area contributed by atoms with Crippen LogP contribution in [0.1, 0.15) is 15.9 Å². The van der Waals surface area contributed by atoms with Gasteiger partial charge in [0.05, 0.1) is 38.2 Å². The second-order valence-electron chi connectivity index (χ2n) is 6.59. The summed E-state index contributed by atoms with van der Waals surface area (Å²) in [4.78, 5) is 40.3. The molecule has 0 fully saturated rings. The van der Waals surface area contributed by atoms with Crippen molar-refractivity contribution >= 4 is 44.0 Å². The summed E-state index contributed by atoms with van der Waals surface area (Å²) in [7, 11) is 0. The van der Waals surface area contributed by atoms with E-state index in [1.54, 1.807) is 0 Å². The summed E-state index contributed by atoms with van der Waals surface area (Å²) in [6.45, 7) is 0.149. The van der Waals surface area contributed by atoms with E-state index in [4.69, 9.17) is 0 Å². The van der Waals surface area contributed by atoms with Crippen molar-refractivity contribution in [1.82, 2.24) is 4.98 Å². The quantitative estimate of drug-likeness (QED) is 0.312. The van der Waals surface area contributed by atoms with Crippen LogP contribution in [0.15, 0.2) is 72.8 Å². The number of nitrogens with zero attached hydrogens (tertiary/aromatic N) is 4. The molecule has 0 aliphatic heterocycles. The van der Waals surface area contributed by atoms with Crippen molar-refractivity contribution in [2.45, 2.75) is 6.54 Å². The molecule has 1 heterocycles. The van der Waals surface area contributed by atoms with Gasteiger partial charge in [0.2, 0.25) is 0 Å². The van der Waals surface area contributed by atoms with E-state index >= 15 is 0 Å². The molecule has 0 atom stereocenters. The first-order chi connectivity index (χ1) is 14.9. The van der Waals surface area contributed by atoms with E-state index in [0.717, 1.165) is 28.5 Å². The van der Waals surface area contributed by atoms with E-state index < -0.39 is 27.1 Å². The molecule has 0 saturated heterocycles. The Hall–Kier alpha value is -4.18. The van der Waals surface area contributed by atoms with Crippen LogP contribution < -0.4 is 4.90 Å². The standard InChI is InChI=1S/C21H14N4O5S/c26-20(15-10-16(24(27)28)12-17(11-15)25(29)30)23(13-14-6-2-1-3-7-14)21-22-18-8-4-5-9-19(18)31-21/h1-12H,13H2. The van der Waals surface area contributed by atoms with E-state index in [-0.39, 0.29) is 12.1 Å². The van der Waals surface area contributed by atoms with Gasteiger partial charge in [0.15, 0.2) is 5.13 Å². The van der Waals surface area contributed by atoms with Crippen molar-refractivity contribution < 1.29 is 14.6 Å². The minimum Gasteiger partial charge on any atom is -0.279 e. The maximum absolute atomic E-state index is 13.4. The number of nitro groups is 2. The smallest absolute Gasteiger partial charge is 0.277 e. The van der Waals surface area contributed by atoms with Crippen LogP contribution in [0, 0.1) is 20.2 Å². The molecule has 1 aromatic heterocycles. The number of thiazole rings is 1. The molecule has 0 aliphatic rings. The highest BCUT2D eigenvalue weighted by molar-refractivity contribution is 7.22. The first kappa shape index (κ1) is 20.1. The Morgan fingerprint density at radius 2 is 1.52 bits per heavy atom. The van der Waals surface area contributed by atoms with E-state index in [0.29, 0.717) is 10.6 Å². The summed E-state index contributed by atoms with van der Waals surface area (Å²) >= 11 is 1.29. The molecule has 154 valence electrons. The van der Waals surface area contributed by atoms with Crippen molar-refractivity contribution in [2.75, 3.05) is 4.90 Å². The normalized spacial score (nSPS) is 10.7. The van der Waals surface area contributed by atoms with Gasteiger partial charge in [-0.15, -0.1) is 0 Å². The van der Waals surface area contributed by atoms with Gasteiger partial charge in [0.25, 0.3) is 17.3 Å². The fourth-order valence-corrected chi connectivity index (χ4v) is 4.02. The van der Waals surface area contributed by atoms with E-state index in [1.807, 2.05) is 54.6 Å². The molecular formula is C21H14N4O5S. The van der Waals surface area contributed by atoms with E-state index in [1.165, 1.54) is 16.2 Å². The van der Waals surface area contributed by atoms with Gasteiger partial charge in [0, 0.05) is 12.1 Å². The number of para-hydroxylation sites is 1. The number of carbonyl (C=O) groups excluding carboxylic acids is 1. The number of carbonyl (C=O) groups is 1. The van der Waals surface area contributed by atoms with Crippen molar-refractivity contribution in [3.63, 3.8) is 0 Å². The van der Waals surface area contributed by atoms with Crippen LogP contribution in [0.2, 0.25) is 0 Å². The van der Waals surface area contributed by atoms with Crippen molar-refractivity contribution in [3.8, 4) is 0 Å². The van der Waals surface area contributed by atoms with Gasteiger partial charge in [-0.05, 0) is 17.7 Å². The number of anilines is 1. The van der Waals surface area contributed by atoms with E-state index in [9.17, 15) is 25.0 Å². The number of rotatable bonds is 6. The Balaban J connectivity index is 1.82.